The van der Waals surface area contributed by atoms with Gasteiger partial charge in [0.2, 0.25) is 0 Å². The van der Waals surface area contributed by atoms with Crippen LogP contribution in [0.3, 0.4) is 0 Å². The third-order valence-corrected chi connectivity index (χ3v) is 4.20. The maximum Gasteiger partial charge on any atom is 0.0794 e. The zero-order valence-corrected chi connectivity index (χ0v) is 11.8. The fourth-order valence-corrected chi connectivity index (χ4v) is 2.88. The van der Waals surface area contributed by atoms with E-state index in [4.69, 9.17) is 4.74 Å². The maximum absolute atomic E-state index is 10.3. The number of nitrogens with zero attached hydrogens (tertiary/aromatic N) is 2. The van der Waals surface area contributed by atoms with E-state index in [1.165, 1.54) is 19.3 Å². The first kappa shape index (κ1) is 14.3. The van der Waals surface area contributed by atoms with Crippen molar-refractivity contribution in [1.82, 2.24) is 9.80 Å². The zero-order valence-electron chi connectivity index (χ0n) is 11.8. The van der Waals surface area contributed by atoms with Crippen molar-refractivity contribution < 1.29 is 9.84 Å². The van der Waals surface area contributed by atoms with Gasteiger partial charge in [-0.25, -0.2) is 0 Å². The van der Waals surface area contributed by atoms with E-state index in [2.05, 4.69) is 23.6 Å². The Balaban J connectivity index is 1.74. The lowest BCUT2D eigenvalue weighted by atomic mass is 9.90. The molecule has 1 aliphatic carbocycles. The molecule has 0 aromatic rings. The molecular weight excluding hydrogens is 228 g/mol. The van der Waals surface area contributed by atoms with E-state index in [1.54, 1.807) is 0 Å². The number of hydrogen-bond donors (Lipinski definition) is 1. The number of rotatable bonds is 6. The molecule has 1 heterocycles. The maximum atomic E-state index is 10.3. The van der Waals surface area contributed by atoms with Crippen molar-refractivity contribution >= 4 is 0 Å². The molecule has 1 N–H and O–H groups in total. The van der Waals surface area contributed by atoms with Crippen LogP contribution in [0.25, 0.3) is 0 Å². The van der Waals surface area contributed by atoms with Crippen LogP contribution in [0.2, 0.25) is 0 Å². The van der Waals surface area contributed by atoms with Crippen molar-refractivity contribution in [2.24, 2.45) is 0 Å². The second-order valence-corrected chi connectivity index (χ2v) is 5.94. The van der Waals surface area contributed by atoms with Crippen LogP contribution in [0.1, 0.15) is 33.1 Å². The highest BCUT2D eigenvalue weighted by molar-refractivity contribution is 4.84. The summed E-state index contributed by atoms with van der Waals surface area (Å²) in [5, 5.41) is 10.3. The Kier molecular flexibility index (Phi) is 5.42. The highest BCUT2D eigenvalue weighted by atomic mass is 16.5. The smallest absolute Gasteiger partial charge is 0.0794 e. The Morgan fingerprint density at radius 3 is 2.44 bits per heavy atom. The lowest BCUT2D eigenvalue weighted by molar-refractivity contribution is -0.00846. The molecule has 0 spiro atoms. The summed E-state index contributed by atoms with van der Waals surface area (Å²) in [6.45, 7) is 9.62. The van der Waals surface area contributed by atoms with Crippen LogP contribution in [0.15, 0.2) is 0 Å². The highest BCUT2D eigenvalue weighted by Crippen LogP contribution is 2.26. The fraction of sp³-hybridized carbons (Fsp3) is 1.00. The summed E-state index contributed by atoms with van der Waals surface area (Å²) in [4.78, 5) is 4.79. The van der Waals surface area contributed by atoms with Gasteiger partial charge in [-0.1, -0.05) is 6.42 Å². The summed E-state index contributed by atoms with van der Waals surface area (Å²) < 4.78 is 5.33. The Bertz CT molecular complexity index is 238. The minimum atomic E-state index is -0.230. The van der Waals surface area contributed by atoms with Gasteiger partial charge in [0, 0.05) is 38.3 Å². The molecule has 2 aliphatic rings. The number of aliphatic hydroxyl groups excluding tert-OH is 1. The summed E-state index contributed by atoms with van der Waals surface area (Å²) in [7, 11) is 0. The summed E-state index contributed by atoms with van der Waals surface area (Å²) >= 11 is 0. The monoisotopic (exact) mass is 256 g/mol. The molecule has 0 radical (unpaired) electrons. The third kappa shape index (κ3) is 3.92. The number of hydrogen-bond acceptors (Lipinski definition) is 4. The quantitative estimate of drug-likeness (QED) is 0.767. The molecule has 2 rings (SSSR count). The Hall–Kier alpha value is -0.160. The second kappa shape index (κ2) is 6.85. The van der Waals surface area contributed by atoms with E-state index in [9.17, 15) is 5.11 Å². The van der Waals surface area contributed by atoms with Gasteiger partial charge in [0.15, 0.2) is 0 Å². The predicted molar refractivity (Wildman–Crippen MR) is 72.7 cm³/mol. The largest absolute Gasteiger partial charge is 0.390 e. The average Bonchev–Trinajstić information content (AvgIpc) is 2.27. The van der Waals surface area contributed by atoms with Gasteiger partial charge in [0.1, 0.15) is 0 Å². The highest BCUT2D eigenvalue weighted by Gasteiger charge is 2.28. The SMILES string of the molecule is CC(C)N(CC(O)CN1CCOCC1)C1CCC1. The van der Waals surface area contributed by atoms with Crippen LogP contribution in [0.4, 0.5) is 0 Å². The zero-order chi connectivity index (χ0) is 13.0. The van der Waals surface area contributed by atoms with Gasteiger partial charge in [-0.05, 0) is 26.7 Å². The molecule has 1 saturated carbocycles. The molecule has 18 heavy (non-hydrogen) atoms. The molecule has 1 aliphatic heterocycles. The fourth-order valence-electron chi connectivity index (χ4n) is 2.88. The first-order chi connectivity index (χ1) is 8.66. The average molecular weight is 256 g/mol. The second-order valence-electron chi connectivity index (χ2n) is 5.94. The van der Waals surface area contributed by atoms with Crippen molar-refractivity contribution in [2.45, 2.75) is 51.3 Å². The number of aliphatic hydroxyl groups is 1. The Labute approximate surface area is 111 Å². The number of β-amino-alcohol motifs (C(OH)–C–C–N with tert-alkyl or cyclic N) is 1. The van der Waals surface area contributed by atoms with Gasteiger partial charge in [-0.2, -0.15) is 0 Å². The molecule has 0 bridgehead atoms. The lowest BCUT2D eigenvalue weighted by Gasteiger charge is -2.42. The van der Waals surface area contributed by atoms with E-state index >= 15 is 0 Å². The van der Waals surface area contributed by atoms with Crippen LogP contribution in [0, 0.1) is 0 Å². The first-order valence-electron chi connectivity index (χ1n) is 7.40. The molecule has 106 valence electrons. The molecule has 4 nitrogen and oxygen atoms in total. The number of ether oxygens (including phenoxy) is 1. The van der Waals surface area contributed by atoms with Crippen LogP contribution < -0.4 is 0 Å². The normalized spacial score (nSPS) is 24.5. The summed E-state index contributed by atoms with van der Waals surface area (Å²) in [5.41, 5.74) is 0. The first-order valence-corrected chi connectivity index (χ1v) is 7.40. The molecule has 1 saturated heterocycles. The van der Waals surface area contributed by atoms with Gasteiger partial charge in [0.25, 0.3) is 0 Å². The van der Waals surface area contributed by atoms with Crippen LogP contribution >= 0.6 is 0 Å². The van der Waals surface area contributed by atoms with E-state index in [0.29, 0.717) is 12.1 Å². The van der Waals surface area contributed by atoms with Crippen LogP contribution in [-0.2, 0) is 4.74 Å². The van der Waals surface area contributed by atoms with Gasteiger partial charge < -0.3 is 9.84 Å². The van der Waals surface area contributed by atoms with Crippen molar-refractivity contribution in [3.63, 3.8) is 0 Å². The van der Waals surface area contributed by atoms with Crippen molar-refractivity contribution in [3.05, 3.63) is 0 Å². The summed E-state index contributed by atoms with van der Waals surface area (Å²) in [6, 6.07) is 1.25. The van der Waals surface area contributed by atoms with E-state index in [-0.39, 0.29) is 6.10 Å². The topological polar surface area (TPSA) is 35.9 Å². The van der Waals surface area contributed by atoms with Crippen molar-refractivity contribution in [3.8, 4) is 0 Å². The third-order valence-electron chi connectivity index (χ3n) is 4.20. The standard InChI is InChI=1S/C14H28N2O2/c1-12(2)16(13-4-3-5-13)11-14(17)10-15-6-8-18-9-7-15/h12-14,17H,3-11H2,1-2H3. The molecule has 0 aromatic carbocycles. The van der Waals surface area contributed by atoms with Gasteiger partial charge in [-0.3, -0.25) is 9.80 Å². The minimum absolute atomic E-state index is 0.230. The molecule has 0 aromatic heterocycles. The predicted octanol–water partition coefficient (Wildman–Crippen LogP) is 0.942. The Morgan fingerprint density at radius 2 is 1.94 bits per heavy atom. The molecular formula is C14H28N2O2. The van der Waals surface area contributed by atoms with Crippen LogP contribution in [-0.4, -0.2) is 72.5 Å². The van der Waals surface area contributed by atoms with Crippen molar-refractivity contribution in [1.29, 1.82) is 0 Å². The van der Waals surface area contributed by atoms with E-state index < -0.39 is 0 Å². The summed E-state index contributed by atoms with van der Waals surface area (Å²) in [6.07, 6.45) is 3.74. The van der Waals surface area contributed by atoms with Crippen molar-refractivity contribution in [2.75, 3.05) is 39.4 Å². The lowest BCUT2D eigenvalue weighted by Crippen LogP contribution is -2.50. The van der Waals surface area contributed by atoms with Gasteiger partial charge in [-0.15, -0.1) is 0 Å². The molecule has 1 atom stereocenters. The molecule has 2 fully saturated rings. The number of morpholine rings is 1. The molecule has 4 heteroatoms. The van der Waals surface area contributed by atoms with Crippen LogP contribution in [0.5, 0.6) is 0 Å². The Morgan fingerprint density at radius 1 is 1.28 bits per heavy atom. The molecule has 0 amide bonds. The van der Waals surface area contributed by atoms with Gasteiger partial charge >= 0.3 is 0 Å². The van der Waals surface area contributed by atoms with Gasteiger partial charge in [0.05, 0.1) is 19.3 Å². The minimum Gasteiger partial charge on any atom is -0.390 e. The van der Waals surface area contributed by atoms with E-state index in [1.807, 2.05) is 0 Å². The molecule has 1 unspecified atom stereocenters. The van der Waals surface area contributed by atoms with E-state index in [0.717, 1.165) is 39.4 Å². The summed E-state index contributed by atoms with van der Waals surface area (Å²) in [5.74, 6) is 0.